The van der Waals surface area contributed by atoms with Crippen LogP contribution in [0.15, 0.2) is 22.7 Å². The van der Waals surface area contributed by atoms with Crippen LogP contribution in [0.4, 0.5) is 5.69 Å². The lowest BCUT2D eigenvalue weighted by molar-refractivity contribution is 0.450. The summed E-state index contributed by atoms with van der Waals surface area (Å²) < 4.78 is 1.23. The highest BCUT2D eigenvalue weighted by molar-refractivity contribution is 9.10. The van der Waals surface area contributed by atoms with Gasteiger partial charge >= 0.3 is 0 Å². The fourth-order valence-electron chi connectivity index (χ4n) is 2.88. The Labute approximate surface area is 125 Å². The first-order valence-corrected chi connectivity index (χ1v) is 8.31. The van der Waals surface area contributed by atoms with E-state index in [1.54, 1.807) is 0 Å². The van der Waals surface area contributed by atoms with Crippen molar-refractivity contribution >= 4 is 21.6 Å². The molecule has 1 aliphatic heterocycles. The van der Waals surface area contributed by atoms with Crippen LogP contribution in [-0.4, -0.2) is 19.1 Å². The third-order valence-corrected chi connectivity index (χ3v) is 4.77. The van der Waals surface area contributed by atoms with Crippen molar-refractivity contribution in [2.24, 2.45) is 0 Å². The van der Waals surface area contributed by atoms with Gasteiger partial charge in [-0.2, -0.15) is 0 Å². The minimum absolute atomic E-state index is 0.722. The molecular weight excluding hydrogens is 300 g/mol. The Balaban J connectivity index is 2.13. The number of hydrogen-bond donors (Lipinski definition) is 1. The minimum atomic E-state index is 0.722. The molecule has 1 N–H and O–H groups in total. The molecule has 106 valence electrons. The molecule has 1 unspecified atom stereocenters. The molecule has 1 heterocycles. The maximum atomic E-state index is 3.72. The molecule has 1 aromatic rings. The number of nitrogens with zero attached hydrogens (tertiary/aromatic N) is 1. The van der Waals surface area contributed by atoms with Crippen LogP contribution in [0.2, 0.25) is 0 Å². The predicted molar refractivity (Wildman–Crippen MR) is 86.8 cm³/mol. The van der Waals surface area contributed by atoms with Crippen LogP contribution in [0.5, 0.6) is 0 Å². The van der Waals surface area contributed by atoms with Crippen LogP contribution in [0.1, 0.15) is 45.1 Å². The normalized spacial score (nSPS) is 19.7. The Bertz CT molecular complexity index is 406. The van der Waals surface area contributed by atoms with E-state index in [4.69, 9.17) is 0 Å². The molecule has 0 radical (unpaired) electrons. The quantitative estimate of drug-likeness (QED) is 0.867. The molecule has 1 fully saturated rings. The first-order chi connectivity index (χ1) is 9.26. The summed E-state index contributed by atoms with van der Waals surface area (Å²) in [5, 5.41) is 3.38. The van der Waals surface area contributed by atoms with Gasteiger partial charge in [0.2, 0.25) is 0 Å². The summed E-state index contributed by atoms with van der Waals surface area (Å²) in [6, 6.07) is 7.55. The fraction of sp³-hybridized carbons (Fsp3) is 0.625. The van der Waals surface area contributed by atoms with Gasteiger partial charge in [0.05, 0.1) is 0 Å². The molecular formula is C16H25BrN2. The minimum Gasteiger partial charge on any atom is -0.369 e. The van der Waals surface area contributed by atoms with Gasteiger partial charge in [0, 0.05) is 29.3 Å². The molecule has 1 saturated heterocycles. The highest BCUT2D eigenvalue weighted by Crippen LogP contribution is 2.30. The lowest BCUT2D eigenvalue weighted by atomic mass is 9.99. The molecule has 0 saturated carbocycles. The third kappa shape index (κ3) is 3.73. The van der Waals surface area contributed by atoms with Crippen LogP contribution in [0.25, 0.3) is 0 Å². The zero-order chi connectivity index (χ0) is 13.7. The highest BCUT2D eigenvalue weighted by Gasteiger charge is 2.21. The zero-order valence-electron chi connectivity index (χ0n) is 12.1. The van der Waals surface area contributed by atoms with Crippen LogP contribution in [0, 0.1) is 0 Å². The van der Waals surface area contributed by atoms with Crippen LogP contribution in [0.3, 0.4) is 0 Å². The second kappa shape index (κ2) is 7.30. The van der Waals surface area contributed by atoms with Gasteiger partial charge in [-0.1, -0.05) is 35.8 Å². The molecule has 19 heavy (non-hydrogen) atoms. The number of rotatable bonds is 5. The van der Waals surface area contributed by atoms with Gasteiger partial charge in [0.15, 0.2) is 0 Å². The Kier molecular flexibility index (Phi) is 5.71. The summed E-state index contributed by atoms with van der Waals surface area (Å²) >= 11 is 3.72. The Morgan fingerprint density at radius 3 is 2.84 bits per heavy atom. The Hall–Kier alpha value is -0.540. The Morgan fingerprint density at radius 2 is 2.16 bits per heavy atom. The average molecular weight is 325 g/mol. The smallest absolute Gasteiger partial charge is 0.0380 e. The van der Waals surface area contributed by atoms with E-state index in [-0.39, 0.29) is 0 Å². The average Bonchev–Trinajstić information content (AvgIpc) is 2.46. The molecule has 0 spiro atoms. The maximum absolute atomic E-state index is 3.72. The molecule has 1 atom stereocenters. The van der Waals surface area contributed by atoms with Gasteiger partial charge < -0.3 is 10.2 Å². The molecule has 0 aromatic heterocycles. The number of benzene rings is 1. The molecule has 3 heteroatoms. The molecule has 1 aliphatic rings. The van der Waals surface area contributed by atoms with Crippen molar-refractivity contribution in [2.75, 3.05) is 18.0 Å². The molecule has 0 amide bonds. The number of halogens is 1. The fourth-order valence-corrected chi connectivity index (χ4v) is 3.39. The monoisotopic (exact) mass is 324 g/mol. The molecule has 2 rings (SSSR count). The van der Waals surface area contributed by atoms with Crippen LogP contribution in [-0.2, 0) is 6.54 Å². The second-order valence-electron chi connectivity index (χ2n) is 5.31. The SMILES string of the molecule is CCNCc1ccc(N2CCCCC2CC)cc1Br. The van der Waals surface area contributed by atoms with Crippen molar-refractivity contribution in [3.8, 4) is 0 Å². The first kappa shape index (κ1) is 14.9. The first-order valence-electron chi connectivity index (χ1n) is 7.52. The van der Waals surface area contributed by atoms with E-state index >= 15 is 0 Å². The topological polar surface area (TPSA) is 15.3 Å². The van der Waals surface area contributed by atoms with E-state index < -0.39 is 0 Å². The molecule has 2 nitrogen and oxygen atoms in total. The molecule has 1 aromatic carbocycles. The van der Waals surface area contributed by atoms with E-state index in [2.05, 4.69) is 58.2 Å². The van der Waals surface area contributed by atoms with Gasteiger partial charge in [-0.15, -0.1) is 0 Å². The van der Waals surface area contributed by atoms with Crippen molar-refractivity contribution < 1.29 is 0 Å². The lowest BCUT2D eigenvalue weighted by Crippen LogP contribution is -2.39. The van der Waals surface area contributed by atoms with E-state index in [9.17, 15) is 0 Å². The predicted octanol–water partition coefficient (Wildman–Crippen LogP) is 4.33. The van der Waals surface area contributed by atoms with Gasteiger partial charge in [0.1, 0.15) is 0 Å². The van der Waals surface area contributed by atoms with Gasteiger partial charge in [-0.3, -0.25) is 0 Å². The van der Waals surface area contributed by atoms with Crippen molar-refractivity contribution in [1.82, 2.24) is 5.32 Å². The second-order valence-corrected chi connectivity index (χ2v) is 6.16. The van der Waals surface area contributed by atoms with Crippen molar-refractivity contribution in [3.63, 3.8) is 0 Å². The van der Waals surface area contributed by atoms with E-state index in [0.717, 1.165) is 19.1 Å². The number of anilines is 1. The number of piperidine rings is 1. The third-order valence-electron chi connectivity index (χ3n) is 4.03. The lowest BCUT2D eigenvalue weighted by Gasteiger charge is -2.37. The van der Waals surface area contributed by atoms with Crippen molar-refractivity contribution in [3.05, 3.63) is 28.2 Å². The summed E-state index contributed by atoms with van der Waals surface area (Å²) in [6.07, 6.45) is 5.30. The van der Waals surface area contributed by atoms with Gasteiger partial charge in [-0.05, 0) is 49.9 Å². The highest BCUT2D eigenvalue weighted by atomic mass is 79.9. The Morgan fingerprint density at radius 1 is 1.32 bits per heavy atom. The summed E-state index contributed by atoms with van der Waals surface area (Å²) in [7, 11) is 0. The van der Waals surface area contributed by atoms with Gasteiger partial charge in [-0.25, -0.2) is 0 Å². The van der Waals surface area contributed by atoms with E-state index in [0.29, 0.717) is 0 Å². The van der Waals surface area contributed by atoms with E-state index in [1.165, 1.54) is 48.0 Å². The number of nitrogens with one attached hydrogen (secondary N) is 1. The molecule has 0 bridgehead atoms. The summed E-state index contributed by atoms with van der Waals surface area (Å²) in [4.78, 5) is 2.59. The van der Waals surface area contributed by atoms with Crippen LogP contribution >= 0.6 is 15.9 Å². The van der Waals surface area contributed by atoms with Crippen molar-refractivity contribution in [1.29, 1.82) is 0 Å². The maximum Gasteiger partial charge on any atom is 0.0380 e. The summed E-state index contributed by atoms with van der Waals surface area (Å²) in [5.41, 5.74) is 2.72. The zero-order valence-corrected chi connectivity index (χ0v) is 13.7. The molecule has 0 aliphatic carbocycles. The van der Waals surface area contributed by atoms with Gasteiger partial charge in [0.25, 0.3) is 0 Å². The largest absolute Gasteiger partial charge is 0.369 e. The summed E-state index contributed by atoms with van der Waals surface area (Å²) in [6.45, 7) is 7.60. The number of hydrogen-bond acceptors (Lipinski definition) is 2. The van der Waals surface area contributed by atoms with Crippen LogP contribution < -0.4 is 10.2 Å². The van der Waals surface area contributed by atoms with Crippen molar-refractivity contribution in [2.45, 2.75) is 52.1 Å². The standard InChI is InChI=1S/C16H25BrN2/c1-3-14-7-5-6-10-19(14)15-9-8-13(12-18-4-2)16(17)11-15/h8-9,11,14,18H,3-7,10,12H2,1-2H3. The van der Waals surface area contributed by atoms with E-state index in [1.807, 2.05) is 0 Å². The summed E-state index contributed by atoms with van der Waals surface area (Å²) in [5.74, 6) is 0.